The molecule has 0 spiro atoms. The summed E-state index contributed by atoms with van der Waals surface area (Å²) in [5, 5.41) is 10.3. The van der Waals surface area contributed by atoms with Gasteiger partial charge in [-0.05, 0) is 32.2 Å². The van der Waals surface area contributed by atoms with Crippen LogP contribution in [0.15, 0.2) is 0 Å². The smallest absolute Gasteiger partial charge is 0.248 e. The van der Waals surface area contributed by atoms with E-state index in [0.717, 1.165) is 19.3 Å². The van der Waals surface area contributed by atoms with Crippen molar-refractivity contribution < 1.29 is 24.1 Å². The molecule has 1 aliphatic rings. The maximum absolute atomic E-state index is 11.0. The largest absolute Gasteiger partial charge is 0.374 e. The molecule has 2 atom stereocenters. The third-order valence-electron chi connectivity index (χ3n) is 4.31. The highest BCUT2D eigenvalue weighted by atomic mass is 28.1. The fraction of sp³-hybridized carbons (Fsp3) is 1.00. The van der Waals surface area contributed by atoms with E-state index < -0.39 is 16.8 Å². The van der Waals surface area contributed by atoms with Crippen LogP contribution in [-0.2, 0) is 18.9 Å². The standard InChI is InChI=1S/C13H29NO5Si/c1-16-11(15,7-6-9-14)13(17-2,18-3)12(20)8-4-5-10-19-12/h15H,4-10,14H2,1-3,20H3. The Bertz CT molecular complexity index is 294. The van der Waals surface area contributed by atoms with Crippen LogP contribution < -0.4 is 5.73 Å². The van der Waals surface area contributed by atoms with Crippen molar-refractivity contribution in [2.45, 2.75) is 48.9 Å². The highest BCUT2D eigenvalue weighted by molar-refractivity contribution is 6.15. The number of hydrogen-bond donors (Lipinski definition) is 2. The average molecular weight is 307 g/mol. The van der Waals surface area contributed by atoms with Gasteiger partial charge in [-0.1, -0.05) is 0 Å². The second kappa shape index (κ2) is 7.30. The molecule has 20 heavy (non-hydrogen) atoms. The zero-order valence-electron chi connectivity index (χ0n) is 13.1. The monoisotopic (exact) mass is 307 g/mol. The number of rotatable bonds is 8. The normalized spacial score (nSPS) is 27.4. The number of methoxy groups -OCH3 is 3. The van der Waals surface area contributed by atoms with E-state index in [2.05, 4.69) is 0 Å². The van der Waals surface area contributed by atoms with Crippen molar-refractivity contribution in [3.63, 3.8) is 0 Å². The minimum absolute atomic E-state index is 0.328. The molecule has 3 N–H and O–H groups in total. The molecular formula is C13H29NO5Si. The third kappa shape index (κ3) is 2.94. The highest BCUT2D eigenvalue weighted by Gasteiger charge is 2.64. The first-order valence-corrected chi connectivity index (χ1v) is 8.17. The van der Waals surface area contributed by atoms with Gasteiger partial charge in [-0.3, -0.25) is 0 Å². The fourth-order valence-electron chi connectivity index (χ4n) is 3.18. The van der Waals surface area contributed by atoms with Crippen LogP contribution in [0.5, 0.6) is 0 Å². The van der Waals surface area contributed by atoms with Gasteiger partial charge < -0.3 is 29.8 Å². The van der Waals surface area contributed by atoms with E-state index in [9.17, 15) is 5.11 Å². The number of hydrogen-bond acceptors (Lipinski definition) is 6. The zero-order chi connectivity index (χ0) is 15.3. The van der Waals surface area contributed by atoms with Crippen LogP contribution in [0.25, 0.3) is 0 Å². The second-order valence-corrected chi connectivity index (χ2v) is 7.06. The van der Waals surface area contributed by atoms with Crippen LogP contribution in [-0.4, -0.2) is 66.6 Å². The Morgan fingerprint density at radius 1 is 1.25 bits per heavy atom. The number of ether oxygens (including phenoxy) is 4. The molecule has 1 heterocycles. The SMILES string of the molecule is COC(O)(CCCN)C(OC)(OC)C1([SiH3])CCCCO1. The maximum Gasteiger partial charge on any atom is 0.248 e. The van der Waals surface area contributed by atoms with Crippen molar-refractivity contribution in [3.05, 3.63) is 0 Å². The highest BCUT2D eigenvalue weighted by Crippen LogP contribution is 2.44. The van der Waals surface area contributed by atoms with Crippen molar-refractivity contribution in [1.29, 1.82) is 0 Å². The maximum atomic E-state index is 11.0. The van der Waals surface area contributed by atoms with Gasteiger partial charge in [0.2, 0.25) is 11.6 Å². The van der Waals surface area contributed by atoms with E-state index in [1.54, 1.807) is 0 Å². The Hall–Kier alpha value is -0.0231. The van der Waals surface area contributed by atoms with Gasteiger partial charge in [-0.15, -0.1) is 0 Å². The van der Waals surface area contributed by atoms with Crippen LogP contribution >= 0.6 is 0 Å². The molecule has 120 valence electrons. The van der Waals surface area contributed by atoms with E-state index in [1.807, 2.05) is 0 Å². The van der Waals surface area contributed by atoms with Gasteiger partial charge in [0.15, 0.2) is 0 Å². The topological polar surface area (TPSA) is 83.2 Å². The summed E-state index contributed by atoms with van der Waals surface area (Å²) in [5.74, 6) is -2.93. The Morgan fingerprint density at radius 3 is 2.30 bits per heavy atom. The lowest BCUT2D eigenvalue weighted by molar-refractivity contribution is -0.423. The predicted octanol–water partition coefficient (Wildman–Crippen LogP) is -0.688. The Morgan fingerprint density at radius 2 is 1.90 bits per heavy atom. The summed E-state index contributed by atoms with van der Waals surface area (Å²) in [5.41, 5.74) is 5.56. The average Bonchev–Trinajstić information content (AvgIpc) is 2.47. The van der Waals surface area contributed by atoms with E-state index in [-0.39, 0.29) is 0 Å². The van der Waals surface area contributed by atoms with Gasteiger partial charge in [0, 0.05) is 34.4 Å². The zero-order valence-corrected chi connectivity index (χ0v) is 15.1. The third-order valence-corrected chi connectivity index (χ3v) is 5.76. The summed E-state index contributed by atoms with van der Waals surface area (Å²) in [6.45, 7) is 1.11. The number of nitrogens with two attached hydrogens (primary N) is 1. The molecule has 0 bridgehead atoms. The summed E-state index contributed by atoms with van der Waals surface area (Å²) in [6.07, 6.45) is 3.76. The second-order valence-electron chi connectivity index (χ2n) is 5.44. The van der Waals surface area contributed by atoms with E-state index in [1.165, 1.54) is 21.3 Å². The number of aliphatic hydroxyl groups is 1. The van der Waals surface area contributed by atoms with Gasteiger partial charge in [0.05, 0.1) is 10.2 Å². The molecule has 0 aromatic rings. The quantitative estimate of drug-likeness (QED) is 0.456. The molecule has 0 aromatic heterocycles. The molecule has 2 unspecified atom stereocenters. The summed E-state index contributed by atoms with van der Waals surface area (Å²) < 4.78 is 22.7. The van der Waals surface area contributed by atoms with Crippen molar-refractivity contribution in [2.24, 2.45) is 5.73 Å². The van der Waals surface area contributed by atoms with E-state index >= 15 is 0 Å². The Labute approximate surface area is 124 Å². The molecule has 1 fully saturated rings. The van der Waals surface area contributed by atoms with Crippen molar-refractivity contribution in [1.82, 2.24) is 0 Å². The van der Waals surface area contributed by atoms with Gasteiger partial charge in [-0.2, -0.15) is 0 Å². The van der Waals surface area contributed by atoms with E-state index in [0.29, 0.717) is 36.2 Å². The lowest BCUT2D eigenvalue weighted by Gasteiger charge is -2.54. The molecule has 0 radical (unpaired) electrons. The van der Waals surface area contributed by atoms with Gasteiger partial charge >= 0.3 is 0 Å². The van der Waals surface area contributed by atoms with Crippen LogP contribution in [0.2, 0.25) is 0 Å². The van der Waals surface area contributed by atoms with Crippen LogP contribution in [0.1, 0.15) is 32.1 Å². The first kappa shape index (κ1) is 18.0. The molecular weight excluding hydrogens is 278 g/mol. The molecule has 6 nitrogen and oxygen atoms in total. The fourth-order valence-corrected chi connectivity index (χ4v) is 4.54. The van der Waals surface area contributed by atoms with Crippen molar-refractivity contribution in [3.8, 4) is 0 Å². The molecule has 0 saturated carbocycles. The molecule has 0 aliphatic carbocycles. The van der Waals surface area contributed by atoms with Crippen LogP contribution in [0.3, 0.4) is 0 Å². The van der Waals surface area contributed by atoms with Crippen LogP contribution in [0, 0.1) is 0 Å². The minimum Gasteiger partial charge on any atom is -0.374 e. The molecule has 1 saturated heterocycles. The predicted molar refractivity (Wildman–Crippen MR) is 79.5 cm³/mol. The van der Waals surface area contributed by atoms with Gasteiger partial charge in [0.25, 0.3) is 0 Å². The molecule has 1 aliphatic heterocycles. The van der Waals surface area contributed by atoms with E-state index in [4.69, 9.17) is 24.7 Å². The first-order chi connectivity index (χ1) is 9.45. The van der Waals surface area contributed by atoms with Crippen molar-refractivity contribution >= 4 is 10.2 Å². The summed E-state index contributed by atoms with van der Waals surface area (Å²) in [6, 6.07) is 0. The Balaban J connectivity index is 3.16. The Kier molecular flexibility index (Phi) is 6.58. The van der Waals surface area contributed by atoms with Gasteiger partial charge in [-0.25, -0.2) is 0 Å². The first-order valence-electron chi connectivity index (χ1n) is 7.17. The molecule has 0 amide bonds. The summed E-state index contributed by atoms with van der Waals surface area (Å²) >= 11 is 0. The van der Waals surface area contributed by atoms with Crippen LogP contribution in [0.4, 0.5) is 0 Å². The van der Waals surface area contributed by atoms with Gasteiger partial charge in [0.1, 0.15) is 5.22 Å². The summed E-state index contributed by atoms with van der Waals surface area (Å²) in [4.78, 5) is 0. The lowest BCUT2D eigenvalue weighted by Crippen LogP contribution is -2.72. The molecule has 0 aromatic carbocycles. The molecule has 7 heteroatoms. The lowest BCUT2D eigenvalue weighted by atomic mass is 9.89. The molecule has 1 rings (SSSR count). The summed E-state index contributed by atoms with van der Waals surface area (Å²) in [7, 11) is 5.16. The minimum atomic E-state index is -1.59. The van der Waals surface area contributed by atoms with Crippen molar-refractivity contribution in [2.75, 3.05) is 34.5 Å².